The highest BCUT2D eigenvalue weighted by molar-refractivity contribution is 5.75. The summed E-state index contributed by atoms with van der Waals surface area (Å²) in [6, 6.07) is 11.3. The summed E-state index contributed by atoms with van der Waals surface area (Å²) in [6.45, 7) is 5.15. The number of ether oxygens (including phenoxy) is 1. The number of hydrogen-bond donors (Lipinski definition) is 3. The highest BCUT2D eigenvalue weighted by atomic mass is 19.1. The maximum absolute atomic E-state index is 13.7. The molecule has 3 aliphatic rings. The first kappa shape index (κ1) is 22.8. The molecule has 3 N–H and O–H groups in total. The molecule has 1 aromatic carbocycles. The fraction of sp³-hybridized carbons (Fsp3) is 0.357. The van der Waals surface area contributed by atoms with Gasteiger partial charge in [0.2, 0.25) is 0 Å². The third-order valence-electron chi connectivity index (χ3n) is 7.74. The largest absolute Gasteiger partial charge is 0.390 e. The van der Waals surface area contributed by atoms with Crippen molar-refractivity contribution in [3.8, 4) is 11.3 Å². The zero-order valence-electron chi connectivity index (χ0n) is 20.5. The lowest BCUT2D eigenvalue weighted by molar-refractivity contribution is -0.00373. The molecular formula is C28H29FN6O2. The SMILES string of the molecule is OC1CN(Cc2nc(Nc3ccc(-c4cnc5cc(F)ccn45)c4c3CNC4)ccc2[C@@H]2CCOC2)C1. The number of fused-ring (bicyclic) bond motifs is 2. The zero-order chi connectivity index (χ0) is 24.9. The number of benzene rings is 1. The van der Waals surface area contributed by atoms with E-state index in [1.165, 1.54) is 28.8 Å². The Kier molecular flexibility index (Phi) is 5.66. The number of anilines is 2. The average molecular weight is 501 g/mol. The van der Waals surface area contributed by atoms with Crippen LogP contribution in [-0.2, 0) is 24.4 Å². The van der Waals surface area contributed by atoms with Gasteiger partial charge in [0.15, 0.2) is 0 Å². The molecule has 0 unspecified atom stereocenters. The van der Waals surface area contributed by atoms with E-state index in [9.17, 15) is 9.50 Å². The van der Waals surface area contributed by atoms with Gasteiger partial charge in [-0.25, -0.2) is 14.4 Å². The summed E-state index contributed by atoms with van der Waals surface area (Å²) in [5.41, 5.74) is 8.37. The molecule has 37 heavy (non-hydrogen) atoms. The summed E-state index contributed by atoms with van der Waals surface area (Å²) < 4.78 is 21.3. The molecule has 190 valence electrons. The number of hydrogen-bond acceptors (Lipinski definition) is 7. The second-order valence-electron chi connectivity index (χ2n) is 10.2. The lowest BCUT2D eigenvalue weighted by Gasteiger charge is -2.36. The smallest absolute Gasteiger partial charge is 0.140 e. The summed E-state index contributed by atoms with van der Waals surface area (Å²) in [6.07, 6.45) is 4.32. The van der Waals surface area contributed by atoms with Gasteiger partial charge in [-0.05, 0) is 41.3 Å². The normalized spacial score (nSPS) is 19.9. The Bertz CT molecular complexity index is 1480. The fourth-order valence-electron chi connectivity index (χ4n) is 5.80. The van der Waals surface area contributed by atoms with Crippen molar-refractivity contribution in [2.24, 2.45) is 0 Å². The fourth-order valence-corrected chi connectivity index (χ4v) is 5.80. The molecule has 0 aliphatic carbocycles. The average Bonchev–Trinajstić information content (AvgIpc) is 3.64. The first-order valence-electron chi connectivity index (χ1n) is 12.9. The number of aromatic nitrogens is 3. The summed E-state index contributed by atoms with van der Waals surface area (Å²) >= 11 is 0. The van der Waals surface area contributed by atoms with Crippen molar-refractivity contribution in [1.82, 2.24) is 24.6 Å². The summed E-state index contributed by atoms with van der Waals surface area (Å²) in [5, 5.41) is 16.8. The van der Waals surface area contributed by atoms with Gasteiger partial charge in [0.1, 0.15) is 17.3 Å². The molecule has 1 atom stereocenters. The molecule has 3 aliphatic heterocycles. The molecule has 2 fully saturated rings. The summed E-state index contributed by atoms with van der Waals surface area (Å²) in [7, 11) is 0. The van der Waals surface area contributed by atoms with E-state index in [-0.39, 0.29) is 11.9 Å². The molecule has 0 saturated carbocycles. The van der Waals surface area contributed by atoms with E-state index in [4.69, 9.17) is 9.72 Å². The lowest BCUT2D eigenvalue weighted by atomic mass is 9.96. The molecule has 2 saturated heterocycles. The predicted octanol–water partition coefficient (Wildman–Crippen LogP) is 3.56. The maximum Gasteiger partial charge on any atom is 0.140 e. The van der Waals surface area contributed by atoms with Crippen LogP contribution in [0.25, 0.3) is 16.9 Å². The maximum atomic E-state index is 13.7. The van der Waals surface area contributed by atoms with Gasteiger partial charge < -0.3 is 20.5 Å². The number of aliphatic hydroxyl groups excluding tert-OH is 1. The van der Waals surface area contributed by atoms with Gasteiger partial charge in [0.05, 0.1) is 30.3 Å². The van der Waals surface area contributed by atoms with Crippen LogP contribution in [0, 0.1) is 5.82 Å². The monoisotopic (exact) mass is 500 g/mol. The Morgan fingerprint density at radius 2 is 2.03 bits per heavy atom. The Labute approximate surface area is 214 Å². The molecule has 3 aromatic heterocycles. The van der Waals surface area contributed by atoms with Gasteiger partial charge in [-0.2, -0.15) is 0 Å². The minimum absolute atomic E-state index is 0.236. The van der Waals surface area contributed by atoms with Gasteiger partial charge in [0.25, 0.3) is 0 Å². The number of aliphatic hydroxyl groups is 1. The van der Waals surface area contributed by atoms with Crippen LogP contribution in [0.5, 0.6) is 0 Å². The van der Waals surface area contributed by atoms with E-state index in [1.54, 1.807) is 6.20 Å². The minimum atomic E-state index is -0.292. The van der Waals surface area contributed by atoms with E-state index in [2.05, 4.69) is 44.8 Å². The van der Waals surface area contributed by atoms with Crippen LogP contribution in [0.1, 0.15) is 34.7 Å². The van der Waals surface area contributed by atoms with Crippen molar-refractivity contribution in [3.05, 3.63) is 77.0 Å². The van der Waals surface area contributed by atoms with Crippen molar-refractivity contribution >= 4 is 17.2 Å². The van der Waals surface area contributed by atoms with Crippen molar-refractivity contribution in [3.63, 3.8) is 0 Å². The number of likely N-dealkylation sites (tertiary alicyclic amines) is 1. The summed E-state index contributed by atoms with van der Waals surface area (Å²) in [5.74, 6) is 0.889. The number of halogens is 1. The van der Waals surface area contributed by atoms with Gasteiger partial charge in [-0.3, -0.25) is 9.30 Å². The molecule has 7 rings (SSSR count). The van der Waals surface area contributed by atoms with Crippen molar-refractivity contribution in [1.29, 1.82) is 0 Å². The zero-order valence-corrected chi connectivity index (χ0v) is 20.5. The van der Waals surface area contributed by atoms with E-state index >= 15 is 0 Å². The molecule has 0 bridgehead atoms. The van der Waals surface area contributed by atoms with Gasteiger partial charge in [-0.1, -0.05) is 12.1 Å². The number of nitrogens with zero attached hydrogens (tertiary/aromatic N) is 4. The molecule has 0 radical (unpaired) electrons. The first-order chi connectivity index (χ1) is 18.1. The second kappa shape index (κ2) is 9.18. The van der Waals surface area contributed by atoms with E-state index in [1.807, 2.05) is 10.6 Å². The highest BCUT2D eigenvalue weighted by Crippen LogP contribution is 2.36. The minimum Gasteiger partial charge on any atom is -0.390 e. The molecule has 0 amide bonds. The van der Waals surface area contributed by atoms with Crippen LogP contribution in [-0.4, -0.2) is 56.8 Å². The van der Waals surface area contributed by atoms with Crippen molar-refractivity contribution in [2.75, 3.05) is 31.6 Å². The van der Waals surface area contributed by atoms with Gasteiger partial charge in [0, 0.05) is 68.8 Å². The third kappa shape index (κ3) is 4.18. The van der Waals surface area contributed by atoms with Crippen LogP contribution in [0.3, 0.4) is 0 Å². The Morgan fingerprint density at radius 3 is 2.86 bits per heavy atom. The topological polar surface area (TPSA) is 87.0 Å². The molecule has 6 heterocycles. The van der Waals surface area contributed by atoms with E-state index in [0.29, 0.717) is 24.7 Å². The molecule has 4 aromatic rings. The Balaban J connectivity index is 1.21. The molecule has 0 spiro atoms. The van der Waals surface area contributed by atoms with Crippen LogP contribution in [0.4, 0.5) is 15.9 Å². The Morgan fingerprint density at radius 1 is 1.14 bits per heavy atom. The quantitative estimate of drug-likeness (QED) is 0.373. The lowest BCUT2D eigenvalue weighted by Crippen LogP contribution is -2.50. The number of pyridine rings is 2. The second-order valence-corrected chi connectivity index (χ2v) is 10.2. The van der Waals surface area contributed by atoms with Gasteiger partial charge >= 0.3 is 0 Å². The number of β-amino-alcohol motifs (C(OH)–C–C–N with tert-alkyl or cyclic N) is 1. The van der Waals surface area contributed by atoms with Gasteiger partial charge in [-0.15, -0.1) is 0 Å². The van der Waals surface area contributed by atoms with Crippen molar-refractivity contribution < 1.29 is 14.2 Å². The third-order valence-corrected chi connectivity index (χ3v) is 7.74. The number of imidazole rings is 1. The van der Waals surface area contributed by atoms with E-state index in [0.717, 1.165) is 67.7 Å². The molecule has 9 heteroatoms. The van der Waals surface area contributed by atoms with Crippen LogP contribution < -0.4 is 10.6 Å². The highest BCUT2D eigenvalue weighted by Gasteiger charge is 2.28. The Hall–Kier alpha value is -3.37. The molecule has 8 nitrogen and oxygen atoms in total. The molecular weight excluding hydrogens is 471 g/mol. The number of nitrogens with one attached hydrogen (secondary N) is 2. The summed E-state index contributed by atoms with van der Waals surface area (Å²) in [4.78, 5) is 11.7. The standard InChI is InChI=1S/C28H29FN6O2/c29-18-5-7-35-26(12-31-28(35)9-18)21-1-3-24(23-11-30-10-22(21)23)32-27-4-2-20(17-6-8-37-16-17)25(33-27)15-34-13-19(36)14-34/h1-5,7,9,12,17,19,30,36H,6,8,10-11,13-16H2,(H,32,33)/t17-/m1/s1. The number of rotatable bonds is 6. The van der Waals surface area contributed by atoms with E-state index < -0.39 is 0 Å². The van der Waals surface area contributed by atoms with Crippen LogP contribution in [0.2, 0.25) is 0 Å². The first-order valence-corrected chi connectivity index (χ1v) is 12.9. The predicted molar refractivity (Wildman–Crippen MR) is 138 cm³/mol. The van der Waals surface area contributed by atoms with Crippen molar-refractivity contribution in [2.45, 2.75) is 38.1 Å². The van der Waals surface area contributed by atoms with Crippen LogP contribution >= 0.6 is 0 Å². The van der Waals surface area contributed by atoms with Crippen LogP contribution in [0.15, 0.2) is 48.8 Å².